The smallest absolute Gasteiger partial charge is 0.156 e. The summed E-state index contributed by atoms with van der Waals surface area (Å²) in [6.07, 6.45) is 3.05. The summed E-state index contributed by atoms with van der Waals surface area (Å²) in [4.78, 5) is 0. The fourth-order valence-corrected chi connectivity index (χ4v) is 2.66. The van der Waals surface area contributed by atoms with Crippen molar-refractivity contribution in [3.8, 4) is 5.75 Å². The van der Waals surface area contributed by atoms with Crippen molar-refractivity contribution < 1.29 is 9.94 Å². The molecule has 0 aliphatic rings. The van der Waals surface area contributed by atoms with E-state index in [1.165, 1.54) is 6.21 Å². The predicted octanol–water partition coefficient (Wildman–Crippen LogP) is 3.71. The van der Waals surface area contributed by atoms with Crippen molar-refractivity contribution in [3.05, 3.63) is 58.7 Å². The van der Waals surface area contributed by atoms with Crippen molar-refractivity contribution in [2.75, 3.05) is 12.4 Å². The summed E-state index contributed by atoms with van der Waals surface area (Å²) in [6, 6.07) is 11.2. The average molecular weight is 343 g/mol. The van der Waals surface area contributed by atoms with Crippen LogP contribution < -0.4 is 10.1 Å². The highest BCUT2D eigenvalue weighted by Crippen LogP contribution is 2.26. The van der Waals surface area contributed by atoms with Crippen molar-refractivity contribution in [2.24, 2.45) is 5.16 Å². The molecule has 0 saturated carbocycles. The van der Waals surface area contributed by atoms with Gasteiger partial charge in [-0.15, -0.1) is 5.10 Å². The van der Waals surface area contributed by atoms with Crippen molar-refractivity contribution in [3.63, 3.8) is 0 Å². The first kappa shape index (κ1) is 16.0. The molecular weight excluding hydrogens is 328 g/mol. The number of hydrogen-bond donors (Lipinski definition) is 2. The molecule has 0 bridgehead atoms. The lowest BCUT2D eigenvalue weighted by Crippen LogP contribution is -2.03. The van der Waals surface area contributed by atoms with Crippen LogP contribution >= 0.6 is 11.6 Å². The molecule has 0 atom stereocenters. The van der Waals surface area contributed by atoms with Crippen molar-refractivity contribution >= 4 is 34.4 Å². The zero-order valence-corrected chi connectivity index (χ0v) is 13.7. The summed E-state index contributed by atoms with van der Waals surface area (Å²) in [5.74, 6) is 1.28. The number of anilines is 1. The van der Waals surface area contributed by atoms with E-state index in [9.17, 15) is 0 Å². The number of halogens is 1. The van der Waals surface area contributed by atoms with Crippen molar-refractivity contribution in [2.45, 2.75) is 6.54 Å². The number of aromatic nitrogens is 2. The maximum atomic E-state index is 8.68. The van der Waals surface area contributed by atoms with Gasteiger partial charge in [0.2, 0.25) is 0 Å². The van der Waals surface area contributed by atoms with E-state index in [1.54, 1.807) is 13.3 Å². The van der Waals surface area contributed by atoms with Gasteiger partial charge in [-0.3, -0.25) is 0 Å². The predicted molar refractivity (Wildman–Crippen MR) is 94.2 cm³/mol. The molecule has 0 aliphatic heterocycles. The lowest BCUT2D eigenvalue weighted by Gasteiger charge is -2.10. The van der Waals surface area contributed by atoms with Crippen molar-refractivity contribution in [1.82, 2.24) is 10.2 Å². The molecule has 3 rings (SSSR count). The average Bonchev–Trinajstić information content (AvgIpc) is 2.60. The van der Waals surface area contributed by atoms with Crippen LogP contribution in [0.15, 0.2) is 47.8 Å². The first-order valence-corrected chi connectivity index (χ1v) is 7.58. The van der Waals surface area contributed by atoms with Gasteiger partial charge in [-0.05, 0) is 29.3 Å². The van der Waals surface area contributed by atoms with E-state index in [1.807, 2.05) is 36.4 Å². The highest BCUT2D eigenvalue weighted by Gasteiger charge is 2.06. The normalized spacial score (nSPS) is 11.1. The minimum atomic E-state index is 0.538. The Kier molecular flexibility index (Phi) is 4.77. The molecule has 1 aromatic heterocycles. The molecule has 24 heavy (non-hydrogen) atoms. The fourth-order valence-electron chi connectivity index (χ4n) is 2.38. The number of ether oxygens (including phenoxy) is 1. The van der Waals surface area contributed by atoms with Gasteiger partial charge in [0.1, 0.15) is 5.75 Å². The lowest BCUT2D eigenvalue weighted by atomic mass is 10.1. The van der Waals surface area contributed by atoms with Gasteiger partial charge in [0.15, 0.2) is 5.82 Å². The van der Waals surface area contributed by atoms with Crippen LogP contribution in [-0.2, 0) is 6.54 Å². The molecule has 1 heterocycles. The molecule has 3 aromatic rings. The Morgan fingerprint density at radius 3 is 2.92 bits per heavy atom. The van der Waals surface area contributed by atoms with Gasteiger partial charge in [-0.2, -0.15) is 5.10 Å². The van der Waals surface area contributed by atoms with E-state index in [0.29, 0.717) is 23.1 Å². The van der Waals surface area contributed by atoms with Gasteiger partial charge < -0.3 is 15.3 Å². The Morgan fingerprint density at radius 2 is 2.17 bits per heavy atom. The summed E-state index contributed by atoms with van der Waals surface area (Å²) in [5.41, 5.74) is 1.77. The second kappa shape index (κ2) is 7.14. The molecule has 2 aromatic carbocycles. The van der Waals surface area contributed by atoms with Crippen LogP contribution in [-0.4, -0.2) is 28.7 Å². The van der Waals surface area contributed by atoms with Gasteiger partial charge >= 0.3 is 0 Å². The molecule has 0 amide bonds. The maximum Gasteiger partial charge on any atom is 0.156 e. The quantitative estimate of drug-likeness (QED) is 0.420. The second-order valence-electron chi connectivity index (χ2n) is 5.11. The Morgan fingerprint density at radius 1 is 1.29 bits per heavy atom. The van der Waals surface area contributed by atoms with E-state index < -0.39 is 0 Å². The molecule has 0 spiro atoms. The molecule has 0 aliphatic carbocycles. The third-order valence-electron chi connectivity index (χ3n) is 3.57. The third kappa shape index (κ3) is 3.38. The Labute approximate surface area is 143 Å². The van der Waals surface area contributed by atoms with Gasteiger partial charge in [0.05, 0.1) is 24.5 Å². The third-order valence-corrected chi connectivity index (χ3v) is 3.87. The largest absolute Gasteiger partial charge is 0.495 e. The van der Waals surface area contributed by atoms with Gasteiger partial charge in [0.25, 0.3) is 0 Å². The number of fused-ring (bicyclic) bond motifs is 1. The van der Waals surface area contributed by atoms with Crippen LogP contribution in [0.3, 0.4) is 0 Å². The minimum Gasteiger partial charge on any atom is -0.495 e. The Hall–Kier alpha value is -2.86. The van der Waals surface area contributed by atoms with Crippen LogP contribution in [0, 0.1) is 0 Å². The fraction of sp³-hybridized carbons (Fsp3) is 0.118. The van der Waals surface area contributed by atoms with Crippen LogP contribution in [0.5, 0.6) is 5.75 Å². The van der Waals surface area contributed by atoms with Crippen LogP contribution in [0.4, 0.5) is 5.82 Å². The number of benzene rings is 2. The molecule has 2 N–H and O–H groups in total. The first-order valence-electron chi connectivity index (χ1n) is 7.20. The van der Waals surface area contributed by atoms with E-state index in [0.717, 1.165) is 21.9 Å². The zero-order chi connectivity index (χ0) is 16.9. The highest BCUT2D eigenvalue weighted by molar-refractivity contribution is 6.32. The molecule has 0 radical (unpaired) electrons. The van der Waals surface area contributed by atoms with Crippen LogP contribution in [0.1, 0.15) is 11.1 Å². The molecular formula is C17H15ClN4O2. The standard InChI is InChI=1S/C17H15ClN4O2/c1-24-16-5-3-12(7-15(16)18)8-19-17-14-6-11(9-21-23)2-4-13(14)10-20-22-17/h2-7,9-10,23H,8H2,1H3,(H,19,22). The number of nitrogens with zero attached hydrogens (tertiary/aromatic N) is 3. The molecule has 0 fully saturated rings. The summed E-state index contributed by atoms with van der Waals surface area (Å²) in [7, 11) is 1.58. The number of rotatable bonds is 5. The molecule has 0 unspecified atom stereocenters. The van der Waals surface area contributed by atoms with Gasteiger partial charge in [-0.25, -0.2) is 0 Å². The monoisotopic (exact) mass is 342 g/mol. The van der Waals surface area contributed by atoms with Crippen LogP contribution in [0.25, 0.3) is 10.8 Å². The van der Waals surface area contributed by atoms with Crippen molar-refractivity contribution in [1.29, 1.82) is 0 Å². The lowest BCUT2D eigenvalue weighted by molar-refractivity contribution is 0.322. The molecule has 122 valence electrons. The number of oxime groups is 1. The second-order valence-corrected chi connectivity index (χ2v) is 5.51. The van der Waals surface area contributed by atoms with Gasteiger partial charge in [0, 0.05) is 17.3 Å². The summed E-state index contributed by atoms with van der Waals surface area (Å²) < 4.78 is 5.15. The number of nitrogens with one attached hydrogen (secondary N) is 1. The molecule has 7 heteroatoms. The topological polar surface area (TPSA) is 79.6 Å². The highest BCUT2D eigenvalue weighted by atomic mass is 35.5. The van der Waals surface area contributed by atoms with Gasteiger partial charge in [-0.1, -0.05) is 35.0 Å². The summed E-state index contributed by atoms with van der Waals surface area (Å²) >= 11 is 6.14. The van der Waals surface area contributed by atoms with E-state index in [4.69, 9.17) is 21.5 Å². The van der Waals surface area contributed by atoms with E-state index in [2.05, 4.69) is 20.7 Å². The molecule has 0 saturated heterocycles. The first-order chi connectivity index (χ1) is 11.7. The Balaban J connectivity index is 1.86. The maximum absolute atomic E-state index is 8.68. The minimum absolute atomic E-state index is 0.538. The summed E-state index contributed by atoms with van der Waals surface area (Å²) in [6.45, 7) is 0.538. The number of hydrogen-bond acceptors (Lipinski definition) is 6. The SMILES string of the molecule is COc1ccc(CNc2nncc3ccc(C=NO)cc23)cc1Cl. The van der Waals surface area contributed by atoms with Crippen LogP contribution in [0.2, 0.25) is 5.02 Å². The molecule has 6 nitrogen and oxygen atoms in total. The zero-order valence-electron chi connectivity index (χ0n) is 12.9. The van der Waals surface area contributed by atoms with E-state index >= 15 is 0 Å². The number of methoxy groups -OCH3 is 1. The summed E-state index contributed by atoms with van der Waals surface area (Å²) in [5, 5.41) is 25.5. The Bertz CT molecular complexity index is 899. The van der Waals surface area contributed by atoms with E-state index in [-0.39, 0.29) is 0 Å².